The van der Waals surface area contributed by atoms with Crippen molar-refractivity contribution in [1.29, 1.82) is 0 Å². The first kappa shape index (κ1) is 14.3. The maximum absolute atomic E-state index is 11.7. The van der Waals surface area contributed by atoms with Crippen LogP contribution in [0.25, 0.3) is 11.3 Å². The van der Waals surface area contributed by atoms with Gasteiger partial charge in [-0.25, -0.2) is 4.79 Å². The Kier molecular flexibility index (Phi) is 3.93. The van der Waals surface area contributed by atoms with Crippen molar-refractivity contribution < 1.29 is 18.6 Å². The Labute approximate surface area is 130 Å². The zero-order valence-electron chi connectivity index (χ0n) is 11.6. The van der Waals surface area contributed by atoms with E-state index in [2.05, 4.69) is 10.3 Å². The number of rotatable bonds is 4. The Morgan fingerprint density at radius 1 is 1.18 bits per heavy atom. The molecule has 3 rings (SSSR count). The summed E-state index contributed by atoms with van der Waals surface area (Å²) in [5, 5.41) is 8.08. The van der Waals surface area contributed by atoms with E-state index in [-0.39, 0.29) is 12.3 Å². The summed E-state index contributed by atoms with van der Waals surface area (Å²) >= 11 is 5.83. The van der Waals surface area contributed by atoms with Gasteiger partial charge in [0, 0.05) is 22.7 Å². The molecule has 7 heteroatoms. The second-order valence-corrected chi connectivity index (χ2v) is 5.02. The maximum Gasteiger partial charge on any atom is 0.360 e. The van der Waals surface area contributed by atoms with E-state index < -0.39 is 5.97 Å². The van der Waals surface area contributed by atoms with E-state index in [1.165, 1.54) is 6.07 Å². The molecule has 0 radical (unpaired) electrons. The molecular weight excluding hydrogens is 308 g/mol. The Bertz CT molecular complexity index is 792. The summed E-state index contributed by atoms with van der Waals surface area (Å²) < 4.78 is 15.1. The lowest BCUT2D eigenvalue weighted by Gasteiger charge is -1.97. The van der Waals surface area contributed by atoms with Crippen LogP contribution >= 0.6 is 11.6 Å². The van der Waals surface area contributed by atoms with Crippen molar-refractivity contribution >= 4 is 17.6 Å². The van der Waals surface area contributed by atoms with Crippen molar-refractivity contribution in [3.05, 3.63) is 58.6 Å². The lowest BCUT2D eigenvalue weighted by Crippen LogP contribution is -2.05. The first-order valence-electron chi connectivity index (χ1n) is 6.44. The van der Waals surface area contributed by atoms with Gasteiger partial charge >= 0.3 is 5.97 Å². The van der Waals surface area contributed by atoms with E-state index in [0.29, 0.717) is 22.2 Å². The third-order valence-electron chi connectivity index (χ3n) is 2.88. The van der Waals surface area contributed by atoms with Crippen LogP contribution in [0.5, 0.6) is 0 Å². The second kappa shape index (κ2) is 6.03. The Morgan fingerprint density at radius 3 is 2.64 bits per heavy atom. The predicted molar refractivity (Wildman–Crippen MR) is 77.3 cm³/mol. The molecule has 0 atom stereocenters. The van der Waals surface area contributed by atoms with Crippen LogP contribution < -0.4 is 0 Å². The van der Waals surface area contributed by atoms with Crippen LogP contribution in [-0.4, -0.2) is 16.3 Å². The average molecular weight is 319 g/mol. The van der Waals surface area contributed by atoms with Crippen LogP contribution in [0.1, 0.15) is 21.9 Å². The highest BCUT2D eigenvalue weighted by atomic mass is 35.5. The minimum atomic E-state index is -0.576. The monoisotopic (exact) mass is 318 g/mol. The highest BCUT2D eigenvalue weighted by molar-refractivity contribution is 6.30. The highest BCUT2D eigenvalue weighted by Gasteiger charge is 2.14. The van der Waals surface area contributed by atoms with Gasteiger partial charge in [-0.05, 0) is 31.2 Å². The second-order valence-electron chi connectivity index (χ2n) is 4.59. The van der Waals surface area contributed by atoms with Gasteiger partial charge in [0.25, 0.3) is 0 Å². The molecule has 3 aromatic rings. The van der Waals surface area contributed by atoms with Crippen molar-refractivity contribution in [3.8, 4) is 11.3 Å². The van der Waals surface area contributed by atoms with E-state index in [1.54, 1.807) is 25.1 Å². The Hall–Kier alpha value is -2.60. The number of carbonyl (C=O) groups is 1. The highest BCUT2D eigenvalue weighted by Crippen LogP contribution is 2.22. The topological polar surface area (TPSA) is 78.4 Å². The van der Waals surface area contributed by atoms with Crippen molar-refractivity contribution in [2.45, 2.75) is 13.5 Å². The first-order chi connectivity index (χ1) is 10.6. The summed E-state index contributed by atoms with van der Waals surface area (Å²) in [6.45, 7) is 1.68. The van der Waals surface area contributed by atoms with Gasteiger partial charge in [-0.15, -0.1) is 0 Å². The molecular formula is C15H11ClN2O4. The molecule has 0 bridgehead atoms. The van der Waals surface area contributed by atoms with Gasteiger partial charge in [0.05, 0.1) is 0 Å². The molecule has 22 heavy (non-hydrogen) atoms. The lowest BCUT2D eigenvalue weighted by molar-refractivity contribution is 0.0452. The van der Waals surface area contributed by atoms with Crippen LogP contribution in [0.4, 0.5) is 0 Å². The number of nitrogens with zero attached hydrogens (tertiary/aromatic N) is 2. The number of halogens is 1. The minimum absolute atomic E-state index is 0.0121. The number of aryl methyl sites for hydroxylation is 1. The Morgan fingerprint density at radius 2 is 1.95 bits per heavy atom. The third kappa shape index (κ3) is 3.17. The lowest BCUT2D eigenvalue weighted by atomic mass is 10.2. The number of benzene rings is 1. The summed E-state index contributed by atoms with van der Waals surface area (Å²) in [6, 6.07) is 10.3. The van der Waals surface area contributed by atoms with E-state index in [1.807, 2.05) is 12.1 Å². The normalized spacial score (nSPS) is 10.6. The molecule has 6 nitrogen and oxygen atoms in total. The maximum atomic E-state index is 11.7. The molecule has 2 heterocycles. The molecule has 0 aliphatic rings. The summed E-state index contributed by atoms with van der Waals surface area (Å²) in [6.07, 6.45) is 0. The van der Waals surface area contributed by atoms with Crippen LogP contribution in [0.2, 0.25) is 5.02 Å². The number of carbonyl (C=O) groups excluding carboxylic acids is 1. The van der Waals surface area contributed by atoms with E-state index in [9.17, 15) is 4.79 Å². The third-order valence-corrected chi connectivity index (χ3v) is 3.13. The number of esters is 1. The summed E-state index contributed by atoms with van der Waals surface area (Å²) in [5.41, 5.74) is 1.46. The van der Waals surface area contributed by atoms with Crippen LogP contribution in [-0.2, 0) is 11.3 Å². The molecule has 0 aliphatic carbocycles. The summed E-state index contributed by atoms with van der Waals surface area (Å²) in [7, 11) is 0. The molecule has 0 fully saturated rings. The average Bonchev–Trinajstić information content (AvgIpc) is 3.15. The SMILES string of the molecule is Cc1cc(C(=O)OCc2cc(-c3ccc(Cl)cc3)on2)no1. The fourth-order valence-electron chi connectivity index (χ4n) is 1.81. The van der Waals surface area contributed by atoms with Crippen molar-refractivity contribution in [2.75, 3.05) is 0 Å². The van der Waals surface area contributed by atoms with Crippen LogP contribution in [0.15, 0.2) is 45.4 Å². The van der Waals surface area contributed by atoms with Crippen molar-refractivity contribution in [2.24, 2.45) is 0 Å². The number of aromatic nitrogens is 2. The zero-order chi connectivity index (χ0) is 15.5. The predicted octanol–water partition coefficient (Wildman–Crippen LogP) is 3.65. The smallest absolute Gasteiger partial charge is 0.360 e. The van der Waals surface area contributed by atoms with E-state index >= 15 is 0 Å². The van der Waals surface area contributed by atoms with Crippen LogP contribution in [0, 0.1) is 6.92 Å². The molecule has 0 saturated carbocycles. The number of hydrogen-bond acceptors (Lipinski definition) is 6. The number of ether oxygens (including phenoxy) is 1. The van der Waals surface area contributed by atoms with Gasteiger partial charge in [0.15, 0.2) is 11.5 Å². The largest absolute Gasteiger partial charge is 0.454 e. The van der Waals surface area contributed by atoms with Gasteiger partial charge < -0.3 is 13.8 Å². The minimum Gasteiger partial charge on any atom is -0.454 e. The van der Waals surface area contributed by atoms with Gasteiger partial charge in [0.2, 0.25) is 0 Å². The zero-order valence-corrected chi connectivity index (χ0v) is 12.3. The van der Waals surface area contributed by atoms with Crippen molar-refractivity contribution in [1.82, 2.24) is 10.3 Å². The van der Waals surface area contributed by atoms with Crippen LogP contribution in [0.3, 0.4) is 0 Å². The molecule has 0 unspecified atom stereocenters. The fraction of sp³-hybridized carbons (Fsp3) is 0.133. The summed E-state index contributed by atoms with van der Waals surface area (Å²) in [5.74, 6) is 0.534. The molecule has 0 amide bonds. The molecule has 2 aromatic heterocycles. The quantitative estimate of drug-likeness (QED) is 0.683. The van der Waals surface area contributed by atoms with E-state index in [0.717, 1.165) is 5.56 Å². The van der Waals surface area contributed by atoms with Gasteiger partial charge in [-0.2, -0.15) is 0 Å². The molecule has 0 N–H and O–H groups in total. The first-order valence-corrected chi connectivity index (χ1v) is 6.81. The van der Waals surface area contributed by atoms with E-state index in [4.69, 9.17) is 25.4 Å². The molecule has 0 aliphatic heterocycles. The summed E-state index contributed by atoms with van der Waals surface area (Å²) in [4.78, 5) is 11.7. The van der Waals surface area contributed by atoms with Gasteiger partial charge in [-0.1, -0.05) is 21.9 Å². The fourth-order valence-corrected chi connectivity index (χ4v) is 1.93. The van der Waals surface area contributed by atoms with Gasteiger partial charge in [0.1, 0.15) is 18.1 Å². The molecule has 0 spiro atoms. The molecule has 112 valence electrons. The molecule has 1 aromatic carbocycles. The standard InChI is InChI=1S/C15H11ClN2O4/c1-9-6-13(18-21-9)15(19)20-8-12-7-14(22-17-12)10-2-4-11(16)5-3-10/h2-7H,8H2,1H3. The molecule has 0 saturated heterocycles. The number of hydrogen-bond donors (Lipinski definition) is 0. The van der Waals surface area contributed by atoms with Gasteiger partial charge in [-0.3, -0.25) is 0 Å². The van der Waals surface area contributed by atoms with Crippen molar-refractivity contribution in [3.63, 3.8) is 0 Å². The Balaban J connectivity index is 1.64.